The van der Waals surface area contributed by atoms with E-state index in [0.29, 0.717) is 0 Å². The largest absolute Gasteiger partial charge is 0.468 e. The standard InChI is InChI=1S/C10H11N3O3/c1-15-8(14)10(12-13-11)7-3-2-6(16-7)9(10)4-5-9/h2-3,6-7H,4-5H2,1H3/t6-,7+,10+/m0/s1. The molecule has 6 nitrogen and oxygen atoms in total. The van der Waals surface area contributed by atoms with Gasteiger partial charge in [0.1, 0.15) is 0 Å². The Kier molecular flexibility index (Phi) is 1.68. The number of fused-ring (bicyclic) bond motifs is 3. The number of hydrogen-bond acceptors (Lipinski definition) is 4. The maximum Gasteiger partial charge on any atom is 0.321 e. The molecule has 3 rings (SSSR count). The Labute approximate surface area is 91.8 Å². The highest BCUT2D eigenvalue weighted by Crippen LogP contribution is 2.67. The predicted molar refractivity (Wildman–Crippen MR) is 53.4 cm³/mol. The molecule has 1 aliphatic carbocycles. The van der Waals surface area contributed by atoms with Crippen molar-refractivity contribution < 1.29 is 14.3 Å². The maximum atomic E-state index is 12.0. The summed E-state index contributed by atoms with van der Waals surface area (Å²) in [5.74, 6) is -0.486. The molecule has 84 valence electrons. The van der Waals surface area contributed by atoms with E-state index in [-0.39, 0.29) is 11.5 Å². The van der Waals surface area contributed by atoms with Crippen LogP contribution in [0.5, 0.6) is 0 Å². The normalized spacial score (nSPS) is 40.8. The first-order valence-corrected chi connectivity index (χ1v) is 5.20. The van der Waals surface area contributed by atoms with Crippen molar-refractivity contribution in [3.63, 3.8) is 0 Å². The monoisotopic (exact) mass is 221 g/mol. The number of azide groups is 1. The summed E-state index contributed by atoms with van der Waals surface area (Å²) in [4.78, 5) is 14.8. The van der Waals surface area contributed by atoms with E-state index in [9.17, 15) is 4.79 Å². The number of methoxy groups -OCH3 is 1. The smallest absolute Gasteiger partial charge is 0.321 e. The van der Waals surface area contributed by atoms with Crippen LogP contribution in [-0.4, -0.2) is 30.8 Å². The summed E-state index contributed by atoms with van der Waals surface area (Å²) in [6, 6.07) is 0. The molecule has 0 aromatic carbocycles. The highest BCUT2D eigenvalue weighted by Gasteiger charge is 2.76. The molecule has 3 atom stereocenters. The van der Waals surface area contributed by atoms with E-state index in [4.69, 9.17) is 15.0 Å². The molecular formula is C10H11N3O3. The lowest BCUT2D eigenvalue weighted by Crippen LogP contribution is -2.52. The molecule has 0 aromatic heterocycles. The van der Waals surface area contributed by atoms with Crippen molar-refractivity contribution in [3.05, 3.63) is 22.6 Å². The molecule has 2 heterocycles. The van der Waals surface area contributed by atoms with Gasteiger partial charge in [-0.15, -0.1) is 0 Å². The molecule has 16 heavy (non-hydrogen) atoms. The van der Waals surface area contributed by atoms with Gasteiger partial charge in [0.15, 0.2) is 5.54 Å². The van der Waals surface area contributed by atoms with E-state index in [0.717, 1.165) is 12.8 Å². The van der Waals surface area contributed by atoms with E-state index in [1.54, 1.807) is 6.08 Å². The molecule has 1 spiro atoms. The number of hydrogen-bond donors (Lipinski definition) is 0. The molecule has 0 radical (unpaired) electrons. The van der Waals surface area contributed by atoms with E-state index >= 15 is 0 Å². The van der Waals surface area contributed by atoms with Crippen molar-refractivity contribution in [1.29, 1.82) is 0 Å². The zero-order valence-electron chi connectivity index (χ0n) is 8.79. The van der Waals surface area contributed by atoms with Gasteiger partial charge in [-0.2, -0.15) is 0 Å². The fraction of sp³-hybridized carbons (Fsp3) is 0.700. The van der Waals surface area contributed by atoms with Gasteiger partial charge < -0.3 is 9.47 Å². The Morgan fingerprint density at radius 1 is 1.56 bits per heavy atom. The van der Waals surface area contributed by atoms with Crippen molar-refractivity contribution >= 4 is 5.97 Å². The highest BCUT2D eigenvalue weighted by molar-refractivity contribution is 5.86. The van der Waals surface area contributed by atoms with Crippen molar-refractivity contribution in [3.8, 4) is 0 Å². The summed E-state index contributed by atoms with van der Waals surface area (Å²) in [7, 11) is 1.31. The van der Waals surface area contributed by atoms with Gasteiger partial charge in [0.25, 0.3) is 0 Å². The van der Waals surface area contributed by atoms with Crippen LogP contribution in [-0.2, 0) is 14.3 Å². The van der Waals surface area contributed by atoms with Gasteiger partial charge in [-0.3, -0.25) is 4.79 Å². The van der Waals surface area contributed by atoms with Crippen molar-refractivity contribution in [2.24, 2.45) is 10.5 Å². The van der Waals surface area contributed by atoms with Gasteiger partial charge in [-0.05, 0) is 18.4 Å². The molecule has 6 heteroatoms. The van der Waals surface area contributed by atoms with Crippen LogP contribution in [0.25, 0.3) is 10.4 Å². The molecule has 1 saturated heterocycles. The van der Waals surface area contributed by atoms with Crippen LogP contribution >= 0.6 is 0 Å². The Morgan fingerprint density at radius 3 is 2.81 bits per heavy atom. The molecule has 0 unspecified atom stereocenters. The Bertz CT molecular complexity index is 437. The van der Waals surface area contributed by atoms with Gasteiger partial charge >= 0.3 is 5.97 Å². The molecule has 1 saturated carbocycles. The van der Waals surface area contributed by atoms with Crippen LogP contribution in [0, 0.1) is 5.41 Å². The summed E-state index contributed by atoms with van der Waals surface area (Å²) < 4.78 is 10.5. The fourth-order valence-corrected chi connectivity index (χ4v) is 3.05. The van der Waals surface area contributed by atoms with Crippen LogP contribution in [0.4, 0.5) is 0 Å². The van der Waals surface area contributed by atoms with Crippen LogP contribution in [0.3, 0.4) is 0 Å². The minimum atomic E-state index is -1.18. The fourth-order valence-electron chi connectivity index (χ4n) is 3.05. The molecule has 2 fully saturated rings. The molecule has 2 bridgehead atoms. The summed E-state index contributed by atoms with van der Waals surface area (Å²) in [6.45, 7) is 0. The van der Waals surface area contributed by atoms with Crippen LogP contribution in [0.1, 0.15) is 12.8 Å². The average molecular weight is 221 g/mol. The van der Waals surface area contributed by atoms with E-state index in [1.165, 1.54) is 7.11 Å². The summed E-state index contributed by atoms with van der Waals surface area (Å²) in [6.07, 6.45) is 4.84. The van der Waals surface area contributed by atoms with E-state index in [1.807, 2.05) is 6.08 Å². The molecule has 2 aliphatic heterocycles. The zero-order valence-corrected chi connectivity index (χ0v) is 8.79. The molecule has 0 aromatic rings. The summed E-state index contributed by atoms with van der Waals surface area (Å²) in [5, 5.41) is 3.75. The van der Waals surface area contributed by atoms with Crippen molar-refractivity contribution in [2.45, 2.75) is 30.6 Å². The van der Waals surface area contributed by atoms with Crippen molar-refractivity contribution in [1.82, 2.24) is 0 Å². The summed E-state index contributed by atoms with van der Waals surface area (Å²) >= 11 is 0. The van der Waals surface area contributed by atoms with Gasteiger partial charge in [-0.25, -0.2) is 0 Å². The van der Waals surface area contributed by atoms with E-state index in [2.05, 4.69) is 10.0 Å². The van der Waals surface area contributed by atoms with Gasteiger partial charge in [-0.1, -0.05) is 17.3 Å². The van der Waals surface area contributed by atoms with Crippen molar-refractivity contribution in [2.75, 3.05) is 7.11 Å². The Morgan fingerprint density at radius 2 is 2.25 bits per heavy atom. The van der Waals surface area contributed by atoms with Gasteiger partial charge in [0.05, 0.1) is 19.3 Å². The van der Waals surface area contributed by atoms with Crippen LogP contribution in [0.2, 0.25) is 0 Å². The first-order chi connectivity index (χ1) is 7.71. The first kappa shape index (κ1) is 9.69. The maximum absolute atomic E-state index is 12.0. The number of carbonyl (C=O) groups is 1. The Balaban J connectivity index is 2.16. The lowest BCUT2D eigenvalue weighted by atomic mass is 9.73. The minimum absolute atomic E-state index is 0.109. The van der Waals surface area contributed by atoms with Gasteiger partial charge in [0, 0.05) is 10.3 Å². The average Bonchev–Trinajstić information content (AvgIpc) is 2.86. The highest BCUT2D eigenvalue weighted by atomic mass is 16.5. The molecular weight excluding hydrogens is 210 g/mol. The predicted octanol–water partition coefficient (Wildman–Crippen LogP) is 1.33. The van der Waals surface area contributed by atoms with Gasteiger partial charge in [0.2, 0.25) is 0 Å². The lowest BCUT2D eigenvalue weighted by molar-refractivity contribution is -0.150. The van der Waals surface area contributed by atoms with Crippen LogP contribution in [0.15, 0.2) is 17.3 Å². The molecule has 3 aliphatic rings. The Hall–Kier alpha value is -1.52. The topological polar surface area (TPSA) is 84.3 Å². The molecule has 0 N–H and O–H groups in total. The number of ether oxygens (including phenoxy) is 2. The third-order valence-corrected chi connectivity index (χ3v) is 3.96. The number of rotatable bonds is 2. The second-order valence-electron chi connectivity index (χ2n) is 4.47. The number of nitrogens with zero attached hydrogens (tertiary/aromatic N) is 3. The SMILES string of the molecule is COC(=O)[C@]1(N=[N+]=[N-])[C@H]2C=C[C@H](O2)C12CC2. The van der Waals surface area contributed by atoms with E-state index < -0.39 is 17.6 Å². The third kappa shape index (κ3) is 0.795. The number of carbonyl (C=O) groups excluding carboxylic acids is 1. The second kappa shape index (κ2) is 2.78. The lowest BCUT2D eigenvalue weighted by Gasteiger charge is -2.32. The summed E-state index contributed by atoms with van der Waals surface area (Å²) in [5.41, 5.74) is 7.16. The van der Waals surface area contributed by atoms with Crippen LogP contribution < -0.4 is 0 Å². The third-order valence-electron chi connectivity index (χ3n) is 3.96. The second-order valence-corrected chi connectivity index (χ2v) is 4.47. The molecule has 0 amide bonds. The zero-order chi connectivity index (χ0) is 11.4. The first-order valence-electron chi connectivity index (χ1n) is 5.20. The quantitative estimate of drug-likeness (QED) is 0.232. The minimum Gasteiger partial charge on any atom is -0.468 e. The number of esters is 1.